The molecule has 0 bridgehead atoms. The van der Waals surface area contributed by atoms with E-state index in [9.17, 15) is 18.0 Å². The van der Waals surface area contributed by atoms with Crippen LogP contribution in [-0.2, 0) is 6.42 Å². The highest BCUT2D eigenvalue weighted by Gasteiger charge is 2.30. The molecule has 0 radical (unpaired) electrons. The van der Waals surface area contributed by atoms with Crippen molar-refractivity contribution in [1.82, 2.24) is 9.88 Å². The third-order valence-corrected chi connectivity index (χ3v) is 5.31. The molecule has 6 heteroatoms. The Morgan fingerprint density at radius 3 is 2.43 bits per heavy atom. The first kappa shape index (κ1) is 18.9. The predicted molar refractivity (Wildman–Crippen MR) is 100 cm³/mol. The normalized spacial score (nSPS) is 17.6. The van der Waals surface area contributed by atoms with E-state index in [1.54, 1.807) is 12.1 Å². The summed E-state index contributed by atoms with van der Waals surface area (Å²) in [6, 6.07) is 7.08. The quantitative estimate of drug-likeness (QED) is 0.706. The van der Waals surface area contributed by atoms with Crippen LogP contribution in [0, 0.1) is 17.5 Å². The number of rotatable bonds is 5. The molecule has 1 aromatic carbocycles. The molecule has 0 atom stereocenters. The molecule has 1 saturated heterocycles. The van der Waals surface area contributed by atoms with E-state index in [0.717, 1.165) is 37.7 Å². The summed E-state index contributed by atoms with van der Waals surface area (Å²) in [6.07, 6.45) is 6.43. The van der Waals surface area contributed by atoms with Crippen molar-refractivity contribution in [1.29, 1.82) is 0 Å². The van der Waals surface area contributed by atoms with E-state index in [1.165, 1.54) is 18.4 Å². The van der Waals surface area contributed by atoms with Crippen LogP contribution in [0.5, 0.6) is 0 Å². The number of halogens is 3. The Bertz CT molecular complexity index is 904. The molecule has 1 aliphatic carbocycles. The Balaban J connectivity index is 1.45. The number of nitrogens with zero attached hydrogens (tertiary/aromatic N) is 2. The Morgan fingerprint density at radius 2 is 1.79 bits per heavy atom. The van der Waals surface area contributed by atoms with E-state index in [1.807, 2.05) is 12.1 Å². The predicted octanol–water partition coefficient (Wildman–Crippen LogP) is 4.57. The van der Waals surface area contributed by atoms with Gasteiger partial charge in [-0.1, -0.05) is 11.6 Å². The van der Waals surface area contributed by atoms with Gasteiger partial charge in [-0.15, -0.1) is 0 Å². The first-order valence-corrected chi connectivity index (χ1v) is 9.57. The molecule has 28 heavy (non-hydrogen) atoms. The zero-order valence-corrected chi connectivity index (χ0v) is 15.4. The van der Waals surface area contributed by atoms with Gasteiger partial charge in [0.25, 0.3) is 0 Å². The fourth-order valence-electron chi connectivity index (χ4n) is 3.71. The number of aromatic nitrogens is 1. The fraction of sp³-hybridized carbons (Fsp3) is 0.364. The highest BCUT2D eigenvalue weighted by molar-refractivity contribution is 5.97. The van der Waals surface area contributed by atoms with Crippen LogP contribution in [0.1, 0.15) is 47.4 Å². The van der Waals surface area contributed by atoms with Crippen molar-refractivity contribution >= 4 is 11.9 Å². The molecule has 3 nitrogen and oxygen atoms in total. The first-order chi connectivity index (χ1) is 13.5. The Hall–Kier alpha value is -2.47. The minimum Gasteiger partial charge on any atom is -0.300 e. The van der Waals surface area contributed by atoms with Gasteiger partial charge >= 0.3 is 0 Å². The molecule has 1 saturated carbocycles. The molecule has 146 valence electrons. The molecular weight excluding hydrogens is 365 g/mol. The number of hydrogen-bond donors (Lipinski definition) is 0. The maximum atomic E-state index is 13.8. The van der Waals surface area contributed by atoms with Gasteiger partial charge in [0, 0.05) is 37.0 Å². The summed E-state index contributed by atoms with van der Waals surface area (Å²) in [5.41, 5.74) is 1.76. The lowest BCUT2D eigenvalue weighted by Crippen LogP contribution is -2.32. The van der Waals surface area contributed by atoms with Gasteiger partial charge in [0.05, 0.1) is 17.7 Å². The number of pyridine rings is 1. The van der Waals surface area contributed by atoms with Gasteiger partial charge in [-0.2, -0.15) is 0 Å². The third kappa shape index (κ3) is 4.33. The Labute approximate surface area is 161 Å². The molecule has 1 aliphatic heterocycles. The summed E-state index contributed by atoms with van der Waals surface area (Å²) in [5, 5.41) is 0. The summed E-state index contributed by atoms with van der Waals surface area (Å²) in [4.78, 5) is 19.3. The van der Waals surface area contributed by atoms with Gasteiger partial charge < -0.3 is 0 Å². The molecule has 2 heterocycles. The molecular formula is C22H21F3N2O. The SMILES string of the molecule is O=C(Cc1cccc(C=C2CCN(C3CC3)CC2)n1)c1c(F)cc(F)cc1F. The topological polar surface area (TPSA) is 33.2 Å². The molecule has 1 aromatic heterocycles. The second kappa shape index (κ2) is 7.87. The summed E-state index contributed by atoms with van der Waals surface area (Å²) in [7, 11) is 0. The summed E-state index contributed by atoms with van der Waals surface area (Å²) < 4.78 is 40.7. The van der Waals surface area contributed by atoms with Crippen LogP contribution in [0.25, 0.3) is 6.08 Å². The molecule has 2 aliphatic rings. The van der Waals surface area contributed by atoms with E-state index < -0.39 is 28.8 Å². The van der Waals surface area contributed by atoms with Crippen LogP contribution >= 0.6 is 0 Å². The number of carbonyl (C=O) groups excluding carboxylic acids is 1. The van der Waals surface area contributed by atoms with Crippen LogP contribution in [0.4, 0.5) is 13.2 Å². The number of piperidine rings is 1. The standard InChI is InChI=1S/C22H21F3N2O/c23-15-11-19(24)22(20(25)12-15)21(28)13-17-3-1-2-16(26-17)10-14-6-8-27(9-7-14)18-4-5-18/h1-3,10-12,18H,4-9,13H2. The largest absolute Gasteiger partial charge is 0.300 e. The van der Waals surface area contributed by atoms with Crippen molar-refractivity contribution in [2.24, 2.45) is 0 Å². The monoisotopic (exact) mass is 386 g/mol. The number of likely N-dealkylation sites (tertiary alicyclic amines) is 1. The summed E-state index contributed by atoms with van der Waals surface area (Å²) in [5.74, 6) is -4.19. The van der Waals surface area contributed by atoms with Gasteiger partial charge in [0.15, 0.2) is 5.78 Å². The van der Waals surface area contributed by atoms with Gasteiger partial charge in [-0.25, -0.2) is 13.2 Å². The Morgan fingerprint density at radius 1 is 1.11 bits per heavy atom. The van der Waals surface area contributed by atoms with Gasteiger partial charge in [-0.05, 0) is 43.9 Å². The second-order valence-electron chi connectivity index (χ2n) is 7.47. The van der Waals surface area contributed by atoms with Crippen LogP contribution in [0.3, 0.4) is 0 Å². The van der Waals surface area contributed by atoms with Crippen molar-refractivity contribution in [2.45, 2.75) is 38.1 Å². The molecule has 0 N–H and O–H groups in total. The number of hydrogen-bond acceptors (Lipinski definition) is 3. The highest BCUT2D eigenvalue weighted by Crippen LogP contribution is 2.31. The van der Waals surface area contributed by atoms with Crippen molar-refractivity contribution in [3.63, 3.8) is 0 Å². The number of carbonyl (C=O) groups is 1. The molecule has 2 fully saturated rings. The van der Waals surface area contributed by atoms with Crippen molar-refractivity contribution < 1.29 is 18.0 Å². The summed E-state index contributed by atoms with van der Waals surface area (Å²) in [6.45, 7) is 2.13. The van der Waals surface area contributed by atoms with E-state index in [0.29, 0.717) is 17.8 Å². The number of ketones is 1. The molecule has 2 aromatic rings. The lowest BCUT2D eigenvalue weighted by Gasteiger charge is -2.28. The molecule has 0 amide bonds. The van der Waals surface area contributed by atoms with E-state index in [4.69, 9.17) is 0 Å². The number of Topliss-reactive ketones (excluding diaryl/α,β-unsaturated/α-hetero) is 1. The van der Waals surface area contributed by atoms with Crippen LogP contribution in [-0.4, -0.2) is 34.8 Å². The lowest BCUT2D eigenvalue weighted by molar-refractivity contribution is 0.0983. The van der Waals surface area contributed by atoms with Crippen LogP contribution < -0.4 is 0 Å². The zero-order chi connectivity index (χ0) is 19.7. The first-order valence-electron chi connectivity index (χ1n) is 9.57. The average Bonchev–Trinajstić information content (AvgIpc) is 3.47. The van der Waals surface area contributed by atoms with Crippen LogP contribution in [0.2, 0.25) is 0 Å². The molecule has 4 rings (SSSR count). The molecule has 0 unspecified atom stereocenters. The van der Waals surface area contributed by atoms with Gasteiger partial charge in [0.2, 0.25) is 0 Å². The smallest absolute Gasteiger partial charge is 0.174 e. The number of benzene rings is 1. The van der Waals surface area contributed by atoms with E-state index in [2.05, 4.69) is 9.88 Å². The van der Waals surface area contributed by atoms with Crippen molar-refractivity contribution in [3.8, 4) is 0 Å². The van der Waals surface area contributed by atoms with Crippen molar-refractivity contribution in [2.75, 3.05) is 13.1 Å². The molecule has 0 spiro atoms. The second-order valence-corrected chi connectivity index (χ2v) is 7.47. The van der Waals surface area contributed by atoms with Crippen molar-refractivity contribution in [3.05, 3.63) is 70.3 Å². The van der Waals surface area contributed by atoms with E-state index in [-0.39, 0.29) is 6.42 Å². The fourth-order valence-corrected chi connectivity index (χ4v) is 3.71. The maximum absolute atomic E-state index is 13.8. The highest BCUT2D eigenvalue weighted by atomic mass is 19.1. The average molecular weight is 386 g/mol. The van der Waals surface area contributed by atoms with Gasteiger partial charge in [-0.3, -0.25) is 14.7 Å². The Kier molecular flexibility index (Phi) is 5.31. The summed E-state index contributed by atoms with van der Waals surface area (Å²) >= 11 is 0. The maximum Gasteiger partial charge on any atom is 0.174 e. The zero-order valence-electron chi connectivity index (χ0n) is 15.4. The minimum atomic E-state index is -1.19. The minimum absolute atomic E-state index is 0.244. The van der Waals surface area contributed by atoms with Gasteiger partial charge in [0.1, 0.15) is 17.5 Å². The third-order valence-electron chi connectivity index (χ3n) is 5.31. The lowest BCUT2D eigenvalue weighted by atomic mass is 10.0. The van der Waals surface area contributed by atoms with E-state index >= 15 is 0 Å². The van der Waals surface area contributed by atoms with Crippen LogP contribution in [0.15, 0.2) is 35.9 Å².